The van der Waals surface area contributed by atoms with E-state index in [0.29, 0.717) is 6.08 Å². The second-order valence-electron chi connectivity index (χ2n) is 7.08. The average molecular weight is 402 g/mol. The third kappa shape index (κ3) is 5.17. The molecule has 0 fully saturated rings. The lowest BCUT2D eigenvalue weighted by atomic mass is 9.78. The Morgan fingerprint density at radius 2 is 1.36 bits per heavy atom. The van der Waals surface area contributed by atoms with Crippen LogP contribution in [0.5, 0.6) is 0 Å². The minimum atomic E-state index is -4.83. The highest BCUT2D eigenvalue weighted by molar-refractivity contribution is 6.11. The zero-order chi connectivity index (χ0) is 21.3. The summed E-state index contributed by atoms with van der Waals surface area (Å²) in [5, 5.41) is 7.30. The van der Waals surface area contributed by atoms with Gasteiger partial charge in [-0.1, -0.05) is 20.8 Å². The van der Waals surface area contributed by atoms with Gasteiger partial charge >= 0.3 is 12.4 Å². The van der Waals surface area contributed by atoms with E-state index < -0.39 is 34.7 Å². The molecule has 0 bridgehead atoms. The van der Waals surface area contributed by atoms with Crippen molar-refractivity contribution in [1.29, 1.82) is 0 Å². The third-order valence-corrected chi connectivity index (χ3v) is 3.80. The molecule has 1 aromatic rings. The maximum absolute atomic E-state index is 13.2. The Morgan fingerprint density at radius 1 is 0.821 bits per heavy atom. The first-order valence-electron chi connectivity index (χ1n) is 8.03. The lowest BCUT2D eigenvalue weighted by Gasteiger charge is -2.26. The summed E-state index contributed by atoms with van der Waals surface area (Å²) in [5.41, 5.74) is -2.92. The summed E-state index contributed by atoms with van der Waals surface area (Å²) >= 11 is 0. The number of nitrogens with zero attached hydrogens (tertiary/aromatic N) is 2. The number of ketones is 1. The van der Waals surface area contributed by atoms with Crippen molar-refractivity contribution >= 4 is 11.5 Å². The van der Waals surface area contributed by atoms with Crippen molar-refractivity contribution in [3.63, 3.8) is 0 Å². The Labute approximate surface area is 157 Å². The van der Waals surface area contributed by atoms with Gasteiger partial charge in [-0.25, -0.2) is 0 Å². The monoisotopic (exact) mass is 402 g/mol. The Morgan fingerprint density at radius 3 is 1.82 bits per heavy atom. The molecule has 0 amide bonds. The molecule has 1 aromatic carbocycles. The summed E-state index contributed by atoms with van der Waals surface area (Å²) in [7, 11) is 0. The van der Waals surface area contributed by atoms with E-state index in [9.17, 15) is 31.1 Å². The minimum Gasteiger partial charge on any atom is -0.289 e. The number of carbonyl (C=O) groups excluding carboxylic acids is 1. The standard InChI is InChI=1S/C19H16F6N2O/c1-17(2,3)14-8-11(9-15(16(14)28)19(23,24)25)10-26-27-13-6-4-12(5-7-13)18(20,21)22/h4-10H,1-3H3/b11-10-,27-26?. The quantitative estimate of drug-likeness (QED) is 0.400. The molecule has 0 heterocycles. The molecular weight excluding hydrogens is 386 g/mol. The number of allylic oxidation sites excluding steroid dienone is 5. The summed E-state index contributed by atoms with van der Waals surface area (Å²) in [5.74, 6) is -1.10. The van der Waals surface area contributed by atoms with E-state index >= 15 is 0 Å². The van der Waals surface area contributed by atoms with Gasteiger partial charge in [-0.05, 0) is 47.4 Å². The average Bonchev–Trinajstić information content (AvgIpc) is 2.53. The van der Waals surface area contributed by atoms with E-state index in [4.69, 9.17) is 0 Å². The van der Waals surface area contributed by atoms with Crippen LogP contribution in [0.4, 0.5) is 32.0 Å². The van der Waals surface area contributed by atoms with Gasteiger partial charge in [0.05, 0.1) is 17.5 Å². The Hall–Kier alpha value is -2.71. The summed E-state index contributed by atoms with van der Waals surface area (Å²) < 4.78 is 77.0. The maximum Gasteiger partial charge on any atom is 0.420 e. The van der Waals surface area contributed by atoms with Crippen LogP contribution in [-0.2, 0) is 11.0 Å². The van der Waals surface area contributed by atoms with Crippen LogP contribution >= 0.6 is 0 Å². The van der Waals surface area contributed by atoms with Crippen molar-refractivity contribution < 1.29 is 31.1 Å². The Kier molecular flexibility index (Phi) is 5.68. The van der Waals surface area contributed by atoms with Gasteiger partial charge in [0, 0.05) is 5.57 Å². The summed E-state index contributed by atoms with van der Waals surface area (Å²) in [6, 6.07) is 3.81. The van der Waals surface area contributed by atoms with Crippen molar-refractivity contribution in [2.24, 2.45) is 15.6 Å². The molecule has 0 radical (unpaired) electrons. The molecule has 0 aliphatic heterocycles. The van der Waals surface area contributed by atoms with Crippen LogP contribution in [0, 0.1) is 5.41 Å². The minimum absolute atomic E-state index is 0.00696. The van der Waals surface area contributed by atoms with E-state index in [1.54, 1.807) is 20.8 Å². The van der Waals surface area contributed by atoms with Crippen LogP contribution in [-0.4, -0.2) is 12.0 Å². The van der Waals surface area contributed by atoms with Gasteiger partial charge in [-0.3, -0.25) is 4.79 Å². The molecule has 28 heavy (non-hydrogen) atoms. The smallest absolute Gasteiger partial charge is 0.289 e. The van der Waals surface area contributed by atoms with E-state index in [-0.39, 0.29) is 16.8 Å². The molecule has 0 spiro atoms. The highest BCUT2D eigenvalue weighted by Gasteiger charge is 2.43. The number of halogens is 6. The molecule has 2 rings (SSSR count). The maximum atomic E-state index is 13.2. The summed E-state index contributed by atoms with van der Waals surface area (Å²) in [6.45, 7) is 4.83. The van der Waals surface area contributed by atoms with Crippen molar-refractivity contribution in [3.05, 3.63) is 64.9 Å². The zero-order valence-corrected chi connectivity index (χ0v) is 15.1. The second-order valence-corrected chi connectivity index (χ2v) is 7.08. The number of rotatable bonds is 2. The van der Waals surface area contributed by atoms with Gasteiger partial charge in [-0.15, -0.1) is 0 Å². The lowest BCUT2D eigenvalue weighted by Crippen LogP contribution is -2.29. The van der Waals surface area contributed by atoms with Crippen molar-refractivity contribution in [3.8, 4) is 0 Å². The fourth-order valence-electron chi connectivity index (χ4n) is 2.37. The fourth-order valence-corrected chi connectivity index (χ4v) is 2.37. The van der Waals surface area contributed by atoms with Crippen LogP contribution in [0.1, 0.15) is 26.3 Å². The molecular formula is C19H16F6N2O. The Bertz CT molecular complexity index is 843. The number of hydrogen-bond donors (Lipinski definition) is 0. The molecule has 150 valence electrons. The van der Waals surface area contributed by atoms with Gasteiger partial charge in [-0.2, -0.15) is 36.6 Å². The molecule has 0 saturated carbocycles. The van der Waals surface area contributed by atoms with Crippen LogP contribution in [0.25, 0.3) is 0 Å². The number of benzene rings is 1. The molecule has 1 aliphatic carbocycles. The normalized spacial score (nSPS) is 17.9. The predicted molar refractivity (Wildman–Crippen MR) is 90.7 cm³/mol. The number of hydrogen-bond acceptors (Lipinski definition) is 3. The highest BCUT2D eigenvalue weighted by atomic mass is 19.4. The van der Waals surface area contributed by atoms with E-state index in [1.807, 2.05) is 0 Å². The van der Waals surface area contributed by atoms with Gasteiger partial charge in [0.1, 0.15) is 5.57 Å². The second kappa shape index (κ2) is 7.37. The van der Waals surface area contributed by atoms with Crippen LogP contribution in [0.2, 0.25) is 0 Å². The SMILES string of the molecule is CC(C)(C)C1=C/C(=C/N=Nc2ccc(C(F)(F)F)cc2)C=C(C(F)(F)F)C1=O. The first-order chi connectivity index (χ1) is 12.7. The largest absolute Gasteiger partial charge is 0.420 e. The molecule has 0 N–H and O–H groups in total. The fraction of sp³-hybridized carbons (Fsp3) is 0.316. The highest BCUT2D eigenvalue weighted by Crippen LogP contribution is 2.38. The number of Topliss-reactive ketones (excluding diaryl/α,β-unsaturated/α-hetero) is 1. The van der Waals surface area contributed by atoms with E-state index in [0.717, 1.165) is 30.5 Å². The lowest BCUT2D eigenvalue weighted by molar-refractivity contribution is -0.137. The molecule has 0 saturated heterocycles. The number of carbonyl (C=O) groups is 1. The Balaban J connectivity index is 2.34. The molecule has 0 aromatic heterocycles. The van der Waals surface area contributed by atoms with Crippen LogP contribution in [0.15, 0.2) is 69.6 Å². The topological polar surface area (TPSA) is 41.8 Å². The van der Waals surface area contributed by atoms with Crippen LogP contribution < -0.4 is 0 Å². The van der Waals surface area contributed by atoms with Gasteiger partial charge < -0.3 is 0 Å². The van der Waals surface area contributed by atoms with Gasteiger partial charge in [0.2, 0.25) is 0 Å². The van der Waals surface area contributed by atoms with E-state index in [2.05, 4.69) is 10.2 Å². The molecule has 3 nitrogen and oxygen atoms in total. The summed E-state index contributed by atoms with van der Waals surface area (Å²) in [4.78, 5) is 12.1. The number of alkyl halides is 6. The third-order valence-electron chi connectivity index (χ3n) is 3.80. The molecule has 1 aliphatic rings. The van der Waals surface area contributed by atoms with Crippen LogP contribution in [0.3, 0.4) is 0 Å². The molecule has 0 unspecified atom stereocenters. The first-order valence-corrected chi connectivity index (χ1v) is 8.03. The summed E-state index contributed by atoms with van der Waals surface area (Å²) in [6.07, 6.45) is -6.33. The van der Waals surface area contributed by atoms with Crippen molar-refractivity contribution in [2.75, 3.05) is 0 Å². The van der Waals surface area contributed by atoms with Crippen molar-refractivity contribution in [2.45, 2.75) is 33.1 Å². The van der Waals surface area contributed by atoms with E-state index in [1.165, 1.54) is 6.08 Å². The zero-order valence-electron chi connectivity index (χ0n) is 15.1. The number of azo groups is 1. The van der Waals surface area contributed by atoms with Gasteiger partial charge in [0.25, 0.3) is 0 Å². The predicted octanol–water partition coefficient (Wildman–Crippen LogP) is 6.72. The van der Waals surface area contributed by atoms with Crippen molar-refractivity contribution in [1.82, 2.24) is 0 Å². The van der Waals surface area contributed by atoms with Gasteiger partial charge in [0.15, 0.2) is 5.78 Å². The molecule has 0 atom stereocenters. The first kappa shape index (κ1) is 21.6. The molecule has 9 heteroatoms.